The van der Waals surface area contributed by atoms with Crippen molar-refractivity contribution in [3.8, 4) is 5.75 Å². The molecule has 3 nitrogen and oxygen atoms in total. The van der Waals surface area contributed by atoms with E-state index in [4.69, 9.17) is 4.74 Å². The lowest BCUT2D eigenvalue weighted by molar-refractivity contribution is 0.0983. The largest absolute Gasteiger partial charge is 0.489 e. The van der Waals surface area contributed by atoms with E-state index >= 15 is 0 Å². The quantitative estimate of drug-likeness (QED) is 0.689. The normalized spacial score (nSPS) is 10.3. The molecule has 0 saturated carbocycles. The van der Waals surface area contributed by atoms with Crippen LogP contribution in [0.15, 0.2) is 18.3 Å². The Kier molecular flexibility index (Phi) is 3.63. The van der Waals surface area contributed by atoms with Gasteiger partial charge in [0.25, 0.3) is 0 Å². The molecule has 76 valence electrons. The molecule has 0 aliphatic heterocycles. The van der Waals surface area contributed by atoms with Crippen LogP contribution in [0.25, 0.3) is 0 Å². The van der Waals surface area contributed by atoms with E-state index in [0.717, 1.165) is 0 Å². The fraction of sp³-hybridized carbons (Fsp3) is 0.455. The molecule has 14 heavy (non-hydrogen) atoms. The van der Waals surface area contributed by atoms with Crippen LogP contribution in [-0.2, 0) is 0 Å². The molecule has 0 aliphatic rings. The zero-order valence-electron chi connectivity index (χ0n) is 8.78. The maximum absolute atomic E-state index is 11.2. The van der Waals surface area contributed by atoms with Gasteiger partial charge in [0.15, 0.2) is 5.78 Å². The van der Waals surface area contributed by atoms with Crippen LogP contribution in [0.1, 0.15) is 37.7 Å². The van der Waals surface area contributed by atoms with Gasteiger partial charge >= 0.3 is 0 Å². The highest BCUT2D eigenvalue weighted by Gasteiger charge is 2.04. The number of hydrogen-bond acceptors (Lipinski definition) is 3. The lowest BCUT2D eigenvalue weighted by Crippen LogP contribution is -2.06. The summed E-state index contributed by atoms with van der Waals surface area (Å²) in [4.78, 5) is 15.3. The molecule has 0 atom stereocenters. The fourth-order valence-electron chi connectivity index (χ4n) is 1.07. The highest BCUT2D eigenvalue weighted by Crippen LogP contribution is 2.11. The molecule has 0 fully saturated rings. The molecule has 0 spiro atoms. The molecule has 1 aromatic heterocycles. The van der Waals surface area contributed by atoms with E-state index < -0.39 is 0 Å². The van der Waals surface area contributed by atoms with Crippen LogP contribution in [0.5, 0.6) is 5.75 Å². The summed E-state index contributed by atoms with van der Waals surface area (Å²) in [6.45, 7) is 5.72. The van der Waals surface area contributed by atoms with Crippen LogP contribution in [0, 0.1) is 0 Å². The molecule has 0 radical (unpaired) electrons. The summed E-state index contributed by atoms with van der Waals surface area (Å²) in [6.07, 6.45) is 2.20. The van der Waals surface area contributed by atoms with Crippen LogP contribution in [-0.4, -0.2) is 16.9 Å². The summed E-state index contributed by atoms with van der Waals surface area (Å²) in [5.74, 6) is 0.758. The van der Waals surface area contributed by atoms with Crippen LogP contribution >= 0.6 is 0 Å². The number of hydrogen-bond donors (Lipinski definition) is 0. The molecule has 1 rings (SSSR count). The predicted molar refractivity (Wildman–Crippen MR) is 54.6 cm³/mol. The molecule has 3 heteroatoms. The van der Waals surface area contributed by atoms with Crippen molar-refractivity contribution in [3.05, 3.63) is 24.0 Å². The lowest BCUT2D eigenvalue weighted by atomic mass is 10.2. The molecule has 0 N–H and O–H groups in total. The van der Waals surface area contributed by atoms with Gasteiger partial charge in [-0.05, 0) is 26.0 Å². The number of rotatable bonds is 4. The zero-order chi connectivity index (χ0) is 10.6. The summed E-state index contributed by atoms with van der Waals surface area (Å²) < 4.78 is 5.41. The van der Waals surface area contributed by atoms with Gasteiger partial charge in [0.2, 0.25) is 0 Å². The summed E-state index contributed by atoms with van der Waals surface area (Å²) in [5, 5.41) is 0. The maximum atomic E-state index is 11.2. The number of pyridine rings is 1. The number of aromatic nitrogens is 1. The third-order valence-corrected chi connectivity index (χ3v) is 1.71. The molecule has 0 amide bonds. The third-order valence-electron chi connectivity index (χ3n) is 1.71. The van der Waals surface area contributed by atoms with Gasteiger partial charge in [0.05, 0.1) is 12.3 Å². The number of ether oxygens (including phenoxy) is 1. The molecule has 0 saturated heterocycles. The van der Waals surface area contributed by atoms with Gasteiger partial charge in [-0.15, -0.1) is 0 Å². The second-order valence-corrected chi connectivity index (χ2v) is 3.32. The van der Waals surface area contributed by atoms with Crippen LogP contribution in [0.2, 0.25) is 0 Å². The van der Waals surface area contributed by atoms with Crippen molar-refractivity contribution in [1.29, 1.82) is 0 Å². The molecule has 1 aromatic rings. The molecular weight excluding hydrogens is 178 g/mol. The second-order valence-electron chi connectivity index (χ2n) is 3.32. The van der Waals surface area contributed by atoms with E-state index in [-0.39, 0.29) is 11.9 Å². The molecule has 1 heterocycles. The average molecular weight is 193 g/mol. The van der Waals surface area contributed by atoms with Crippen molar-refractivity contribution in [2.75, 3.05) is 0 Å². The van der Waals surface area contributed by atoms with Crippen molar-refractivity contribution >= 4 is 5.78 Å². The van der Waals surface area contributed by atoms with Crippen molar-refractivity contribution in [2.45, 2.75) is 33.3 Å². The Labute approximate surface area is 84.1 Å². The van der Waals surface area contributed by atoms with Crippen LogP contribution < -0.4 is 4.74 Å². The number of carbonyl (C=O) groups excluding carboxylic acids is 1. The highest BCUT2D eigenvalue weighted by molar-refractivity contribution is 5.93. The smallest absolute Gasteiger partial charge is 0.180 e. The third kappa shape index (κ3) is 2.83. The Morgan fingerprint density at radius 2 is 2.21 bits per heavy atom. The van der Waals surface area contributed by atoms with Crippen molar-refractivity contribution < 1.29 is 9.53 Å². The van der Waals surface area contributed by atoms with Gasteiger partial charge in [-0.25, -0.2) is 4.98 Å². The van der Waals surface area contributed by atoms with E-state index in [1.165, 1.54) is 0 Å². The summed E-state index contributed by atoms with van der Waals surface area (Å²) in [6, 6.07) is 3.47. The monoisotopic (exact) mass is 193 g/mol. The molecular formula is C11H15NO2. The zero-order valence-corrected chi connectivity index (χ0v) is 8.78. The van der Waals surface area contributed by atoms with Gasteiger partial charge in [-0.3, -0.25) is 4.79 Å². The van der Waals surface area contributed by atoms with Crippen LogP contribution in [0.3, 0.4) is 0 Å². The van der Waals surface area contributed by atoms with Gasteiger partial charge in [0, 0.05) is 6.42 Å². The van der Waals surface area contributed by atoms with E-state index in [2.05, 4.69) is 4.98 Å². The summed E-state index contributed by atoms with van der Waals surface area (Å²) in [7, 11) is 0. The standard InChI is InChI=1S/C11H15NO2/c1-4-11(13)10-6-5-9(7-12-10)14-8(2)3/h5-8H,4H2,1-3H3. The minimum atomic E-state index is 0.0566. The SMILES string of the molecule is CCC(=O)c1ccc(OC(C)C)cn1. The highest BCUT2D eigenvalue weighted by atomic mass is 16.5. The van der Waals surface area contributed by atoms with E-state index in [1.807, 2.05) is 20.8 Å². The first-order valence-electron chi connectivity index (χ1n) is 4.79. The Balaban J connectivity index is 2.73. The maximum Gasteiger partial charge on any atom is 0.180 e. The van der Waals surface area contributed by atoms with Gasteiger partial charge in [0.1, 0.15) is 11.4 Å². The Morgan fingerprint density at radius 3 is 2.64 bits per heavy atom. The molecule has 0 aromatic carbocycles. The van der Waals surface area contributed by atoms with Gasteiger partial charge in [-0.2, -0.15) is 0 Å². The number of nitrogens with zero attached hydrogens (tertiary/aromatic N) is 1. The second kappa shape index (κ2) is 4.74. The van der Waals surface area contributed by atoms with Crippen molar-refractivity contribution in [3.63, 3.8) is 0 Å². The van der Waals surface area contributed by atoms with E-state index in [0.29, 0.717) is 17.9 Å². The number of Topliss-reactive ketones (excluding diaryl/α,β-unsaturated/α-hetero) is 1. The Hall–Kier alpha value is -1.38. The minimum Gasteiger partial charge on any atom is -0.489 e. The first kappa shape index (κ1) is 10.7. The van der Waals surface area contributed by atoms with E-state index in [1.54, 1.807) is 18.3 Å². The minimum absolute atomic E-state index is 0.0566. The first-order valence-corrected chi connectivity index (χ1v) is 4.79. The average Bonchev–Trinajstić information content (AvgIpc) is 2.17. The Morgan fingerprint density at radius 1 is 1.50 bits per heavy atom. The predicted octanol–water partition coefficient (Wildman–Crippen LogP) is 2.46. The van der Waals surface area contributed by atoms with Gasteiger partial charge in [-0.1, -0.05) is 6.92 Å². The van der Waals surface area contributed by atoms with E-state index in [9.17, 15) is 4.79 Å². The topological polar surface area (TPSA) is 39.2 Å². The Bertz CT molecular complexity index is 304. The number of carbonyl (C=O) groups is 1. The number of ketones is 1. The molecule has 0 unspecified atom stereocenters. The first-order chi connectivity index (χ1) is 6.63. The van der Waals surface area contributed by atoms with Crippen molar-refractivity contribution in [2.24, 2.45) is 0 Å². The van der Waals surface area contributed by atoms with Crippen LogP contribution in [0.4, 0.5) is 0 Å². The van der Waals surface area contributed by atoms with Crippen molar-refractivity contribution in [1.82, 2.24) is 4.98 Å². The molecule has 0 aliphatic carbocycles. The summed E-state index contributed by atoms with van der Waals surface area (Å²) >= 11 is 0. The fourth-order valence-corrected chi connectivity index (χ4v) is 1.07. The van der Waals surface area contributed by atoms with Gasteiger partial charge < -0.3 is 4.74 Å². The molecule has 0 bridgehead atoms. The lowest BCUT2D eigenvalue weighted by Gasteiger charge is -2.08. The summed E-state index contributed by atoms with van der Waals surface area (Å²) in [5.41, 5.74) is 0.503.